The molecule has 1 atom stereocenters. The molecule has 0 amide bonds. The second-order valence-electron chi connectivity index (χ2n) is 4.54. The SMILES string of the molecule is CCCNC1CCN(CCn2ccnc2)C1. The molecule has 2 rings (SSSR count). The number of hydrogen-bond donors (Lipinski definition) is 1. The fourth-order valence-corrected chi connectivity index (χ4v) is 2.23. The van der Waals surface area contributed by atoms with Gasteiger partial charge < -0.3 is 9.88 Å². The van der Waals surface area contributed by atoms with Crippen LogP contribution in [0.25, 0.3) is 0 Å². The summed E-state index contributed by atoms with van der Waals surface area (Å²) in [4.78, 5) is 6.59. The molecule has 1 saturated heterocycles. The van der Waals surface area contributed by atoms with E-state index in [1.54, 1.807) is 0 Å². The van der Waals surface area contributed by atoms with Gasteiger partial charge in [-0.15, -0.1) is 0 Å². The van der Waals surface area contributed by atoms with E-state index in [-0.39, 0.29) is 0 Å². The Morgan fingerprint density at radius 1 is 1.44 bits per heavy atom. The molecule has 0 aliphatic carbocycles. The van der Waals surface area contributed by atoms with E-state index in [0.717, 1.165) is 19.6 Å². The molecule has 1 fully saturated rings. The van der Waals surface area contributed by atoms with Gasteiger partial charge in [-0.25, -0.2) is 4.98 Å². The highest BCUT2D eigenvalue weighted by Crippen LogP contribution is 2.08. The predicted molar refractivity (Wildman–Crippen MR) is 65.4 cm³/mol. The molecule has 0 bridgehead atoms. The maximum absolute atomic E-state index is 4.05. The van der Waals surface area contributed by atoms with Crippen LogP contribution in [0.4, 0.5) is 0 Å². The second-order valence-corrected chi connectivity index (χ2v) is 4.54. The zero-order valence-corrected chi connectivity index (χ0v) is 10.1. The first kappa shape index (κ1) is 11.6. The van der Waals surface area contributed by atoms with Crippen LogP contribution < -0.4 is 5.32 Å². The Morgan fingerprint density at radius 3 is 3.12 bits per heavy atom. The smallest absolute Gasteiger partial charge is 0.0946 e. The number of nitrogens with zero attached hydrogens (tertiary/aromatic N) is 3. The highest BCUT2D eigenvalue weighted by Gasteiger charge is 2.20. The molecule has 1 aliphatic heterocycles. The first-order chi connectivity index (χ1) is 7.88. The van der Waals surface area contributed by atoms with Crippen molar-refractivity contribution in [3.63, 3.8) is 0 Å². The third-order valence-corrected chi connectivity index (χ3v) is 3.19. The van der Waals surface area contributed by atoms with Crippen molar-refractivity contribution in [2.45, 2.75) is 32.4 Å². The molecule has 4 heteroatoms. The van der Waals surface area contributed by atoms with Crippen molar-refractivity contribution in [3.8, 4) is 0 Å². The van der Waals surface area contributed by atoms with Crippen molar-refractivity contribution < 1.29 is 0 Å². The number of likely N-dealkylation sites (tertiary alicyclic amines) is 1. The summed E-state index contributed by atoms with van der Waals surface area (Å²) in [5.41, 5.74) is 0. The van der Waals surface area contributed by atoms with Crippen LogP contribution in [0.1, 0.15) is 19.8 Å². The quantitative estimate of drug-likeness (QED) is 0.778. The van der Waals surface area contributed by atoms with E-state index in [1.165, 1.54) is 25.9 Å². The number of nitrogens with one attached hydrogen (secondary N) is 1. The summed E-state index contributed by atoms with van der Waals surface area (Å²) in [5, 5.41) is 3.59. The molecular weight excluding hydrogens is 200 g/mol. The normalized spacial score (nSPS) is 21.7. The summed E-state index contributed by atoms with van der Waals surface area (Å²) in [5.74, 6) is 0. The summed E-state index contributed by atoms with van der Waals surface area (Å²) < 4.78 is 2.15. The van der Waals surface area contributed by atoms with Gasteiger partial charge in [-0.3, -0.25) is 4.90 Å². The molecule has 0 spiro atoms. The monoisotopic (exact) mass is 222 g/mol. The topological polar surface area (TPSA) is 33.1 Å². The van der Waals surface area contributed by atoms with Crippen LogP contribution in [0.5, 0.6) is 0 Å². The number of hydrogen-bond acceptors (Lipinski definition) is 3. The maximum Gasteiger partial charge on any atom is 0.0946 e. The van der Waals surface area contributed by atoms with Gasteiger partial charge in [0.1, 0.15) is 0 Å². The lowest BCUT2D eigenvalue weighted by molar-refractivity contribution is 0.312. The summed E-state index contributed by atoms with van der Waals surface area (Å²) in [6.45, 7) is 8.00. The van der Waals surface area contributed by atoms with Crippen molar-refractivity contribution in [3.05, 3.63) is 18.7 Å². The van der Waals surface area contributed by atoms with Crippen molar-refractivity contribution >= 4 is 0 Å². The van der Waals surface area contributed by atoms with Crippen molar-refractivity contribution in [2.24, 2.45) is 0 Å². The summed E-state index contributed by atoms with van der Waals surface area (Å²) in [7, 11) is 0. The van der Waals surface area contributed by atoms with E-state index >= 15 is 0 Å². The van der Waals surface area contributed by atoms with E-state index in [9.17, 15) is 0 Å². The van der Waals surface area contributed by atoms with Crippen LogP contribution >= 0.6 is 0 Å². The molecule has 4 nitrogen and oxygen atoms in total. The molecule has 2 heterocycles. The number of rotatable bonds is 6. The minimum atomic E-state index is 0.711. The van der Waals surface area contributed by atoms with Gasteiger partial charge in [-0.05, 0) is 25.9 Å². The highest BCUT2D eigenvalue weighted by atomic mass is 15.2. The Morgan fingerprint density at radius 2 is 2.38 bits per heavy atom. The molecule has 0 saturated carbocycles. The lowest BCUT2D eigenvalue weighted by atomic mass is 10.2. The molecule has 1 aromatic rings. The minimum Gasteiger partial charge on any atom is -0.336 e. The summed E-state index contributed by atoms with van der Waals surface area (Å²) >= 11 is 0. The molecule has 16 heavy (non-hydrogen) atoms. The molecule has 1 aliphatic rings. The lowest BCUT2D eigenvalue weighted by Gasteiger charge is -2.16. The average Bonchev–Trinajstić information content (AvgIpc) is 2.95. The Kier molecular flexibility index (Phi) is 4.36. The van der Waals surface area contributed by atoms with Crippen molar-refractivity contribution in [2.75, 3.05) is 26.2 Å². The summed E-state index contributed by atoms with van der Waals surface area (Å²) in [6, 6.07) is 0.711. The van der Waals surface area contributed by atoms with E-state index in [4.69, 9.17) is 0 Å². The highest BCUT2D eigenvalue weighted by molar-refractivity contribution is 4.81. The van der Waals surface area contributed by atoms with E-state index in [1.807, 2.05) is 18.7 Å². The van der Waals surface area contributed by atoms with Gasteiger partial charge >= 0.3 is 0 Å². The van der Waals surface area contributed by atoms with Gasteiger partial charge in [0.25, 0.3) is 0 Å². The molecule has 1 aromatic heterocycles. The largest absolute Gasteiger partial charge is 0.336 e. The van der Waals surface area contributed by atoms with Gasteiger partial charge in [0.05, 0.1) is 6.33 Å². The Labute approximate surface area is 97.7 Å². The Balaban J connectivity index is 1.65. The predicted octanol–water partition coefficient (Wildman–Crippen LogP) is 0.957. The van der Waals surface area contributed by atoms with Gasteiger partial charge in [-0.2, -0.15) is 0 Å². The Bertz CT molecular complexity index is 283. The van der Waals surface area contributed by atoms with Crippen LogP contribution in [-0.2, 0) is 6.54 Å². The second kappa shape index (κ2) is 6.01. The summed E-state index contributed by atoms with van der Waals surface area (Å²) in [6.07, 6.45) is 8.29. The van der Waals surface area contributed by atoms with Crippen molar-refractivity contribution in [1.82, 2.24) is 19.8 Å². The fourth-order valence-electron chi connectivity index (χ4n) is 2.23. The minimum absolute atomic E-state index is 0.711. The van der Waals surface area contributed by atoms with Gasteiger partial charge in [0.2, 0.25) is 0 Å². The number of imidazole rings is 1. The van der Waals surface area contributed by atoms with Crippen LogP contribution in [0.15, 0.2) is 18.7 Å². The molecule has 1 N–H and O–H groups in total. The first-order valence-corrected chi connectivity index (χ1v) is 6.30. The maximum atomic E-state index is 4.05. The van der Waals surface area contributed by atoms with E-state index in [2.05, 4.69) is 26.7 Å². The lowest BCUT2D eigenvalue weighted by Crippen LogP contribution is -2.33. The Hall–Kier alpha value is -0.870. The van der Waals surface area contributed by atoms with Gasteiger partial charge in [0, 0.05) is 38.1 Å². The fraction of sp³-hybridized carbons (Fsp3) is 0.750. The standard InChI is InChI=1S/C12H22N4/c1-2-4-14-12-3-6-15(10-12)8-9-16-7-5-13-11-16/h5,7,11-12,14H,2-4,6,8-10H2,1H3. The van der Waals surface area contributed by atoms with E-state index < -0.39 is 0 Å². The molecule has 90 valence electrons. The zero-order valence-electron chi connectivity index (χ0n) is 10.1. The van der Waals surface area contributed by atoms with Crippen LogP contribution in [-0.4, -0.2) is 46.7 Å². The van der Waals surface area contributed by atoms with Crippen LogP contribution in [0.2, 0.25) is 0 Å². The average molecular weight is 222 g/mol. The zero-order chi connectivity index (χ0) is 11.2. The molecule has 0 aromatic carbocycles. The third kappa shape index (κ3) is 3.32. The van der Waals surface area contributed by atoms with Gasteiger partial charge in [-0.1, -0.05) is 6.92 Å². The molecule has 1 unspecified atom stereocenters. The van der Waals surface area contributed by atoms with Crippen LogP contribution in [0, 0.1) is 0 Å². The molecule has 0 radical (unpaired) electrons. The van der Waals surface area contributed by atoms with Crippen LogP contribution in [0.3, 0.4) is 0 Å². The van der Waals surface area contributed by atoms with Crippen molar-refractivity contribution in [1.29, 1.82) is 0 Å². The first-order valence-electron chi connectivity index (χ1n) is 6.30. The van der Waals surface area contributed by atoms with E-state index in [0.29, 0.717) is 6.04 Å². The third-order valence-electron chi connectivity index (χ3n) is 3.19. The molecular formula is C12H22N4. The van der Waals surface area contributed by atoms with Gasteiger partial charge in [0.15, 0.2) is 0 Å². The number of aromatic nitrogens is 2.